The minimum atomic E-state index is -0.0661. The molecule has 3 N–H and O–H groups in total. The van der Waals surface area contributed by atoms with E-state index in [1.807, 2.05) is 18.3 Å². The predicted molar refractivity (Wildman–Crippen MR) is 133 cm³/mol. The fourth-order valence-electron chi connectivity index (χ4n) is 3.75. The number of nitrogens with one attached hydrogen (secondary N) is 3. The molecule has 1 aliphatic rings. The van der Waals surface area contributed by atoms with Crippen LogP contribution in [0.4, 0.5) is 0 Å². The van der Waals surface area contributed by atoms with Crippen LogP contribution in [0.1, 0.15) is 52.3 Å². The molecule has 0 aliphatic heterocycles. The zero-order valence-corrected chi connectivity index (χ0v) is 21.0. The molecule has 160 valence electrons. The Bertz CT molecular complexity index is 785. The van der Waals surface area contributed by atoms with Crippen molar-refractivity contribution in [2.75, 3.05) is 26.7 Å². The zero-order chi connectivity index (χ0) is 19.8. The van der Waals surface area contributed by atoms with Crippen molar-refractivity contribution in [3.8, 4) is 0 Å². The van der Waals surface area contributed by atoms with E-state index >= 15 is 0 Å². The maximum atomic E-state index is 12.1. The van der Waals surface area contributed by atoms with Crippen LogP contribution in [-0.2, 0) is 5.41 Å². The minimum Gasteiger partial charge on any atom is -0.355 e. The Morgan fingerprint density at radius 3 is 2.55 bits per heavy atom. The number of guanidine groups is 1. The van der Waals surface area contributed by atoms with Crippen molar-refractivity contribution in [1.29, 1.82) is 0 Å². The molecule has 0 atom stereocenters. The van der Waals surface area contributed by atoms with Gasteiger partial charge >= 0.3 is 0 Å². The number of aryl methyl sites for hydroxylation is 1. The van der Waals surface area contributed by atoms with Crippen molar-refractivity contribution >= 4 is 58.5 Å². The van der Waals surface area contributed by atoms with Gasteiger partial charge < -0.3 is 16.0 Å². The van der Waals surface area contributed by atoms with E-state index in [9.17, 15) is 4.79 Å². The van der Waals surface area contributed by atoms with E-state index < -0.39 is 0 Å². The smallest absolute Gasteiger partial charge is 0.263 e. The molecule has 2 aromatic rings. The van der Waals surface area contributed by atoms with Crippen molar-refractivity contribution < 1.29 is 4.79 Å². The van der Waals surface area contributed by atoms with Gasteiger partial charge in [0.05, 0.1) is 11.2 Å². The highest BCUT2D eigenvalue weighted by atomic mass is 127. The highest BCUT2D eigenvalue weighted by Crippen LogP contribution is 2.41. The number of amides is 1. The molecule has 1 saturated carbocycles. The van der Waals surface area contributed by atoms with Gasteiger partial charge in [0.25, 0.3) is 5.91 Å². The number of carbonyl (C=O) groups is 1. The largest absolute Gasteiger partial charge is 0.355 e. The summed E-state index contributed by atoms with van der Waals surface area (Å²) in [6.07, 6.45) is 6.35. The van der Waals surface area contributed by atoms with Crippen molar-refractivity contribution in [3.63, 3.8) is 0 Å². The Morgan fingerprint density at radius 2 is 1.93 bits per heavy atom. The van der Waals surface area contributed by atoms with Crippen LogP contribution in [0, 0.1) is 6.92 Å². The summed E-state index contributed by atoms with van der Waals surface area (Å²) < 4.78 is 0. The molecule has 0 spiro atoms. The summed E-state index contributed by atoms with van der Waals surface area (Å²) in [5.74, 6) is 0.716. The standard InChI is InChI=1S/C20H29N5OS2.HI/c1-15-17(28-14-25-15)18(26)22-10-11-23-19(21-2)24-13-20(8-4-3-5-9-20)16-7-6-12-27-16;/h6-7,12,14H,3-5,8-11,13H2,1-2H3,(H,22,26)(H2,21,23,24);1H. The number of halogens is 1. The number of rotatable bonds is 7. The lowest BCUT2D eigenvalue weighted by Gasteiger charge is -2.37. The van der Waals surface area contributed by atoms with Gasteiger partial charge in [0.1, 0.15) is 4.88 Å². The molecule has 3 rings (SSSR count). The number of nitrogens with zero attached hydrogens (tertiary/aromatic N) is 2. The molecule has 2 aromatic heterocycles. The lowest BCUT2D eigenvalue weighted by Crippen LogP contribution is -2.47. The third-order valence-corrected chi connectivity index (χ3v) is 7.37. The van der Waals surface area contributed by atoms with Gasteiger partial charge in [-0.05, 0) is 31.2 Å². The molecule has 6 nitrogen and oxygen atoms in total. The number of hydrogen-bond donors (Lipinski definition) is 3. The number of aromatic nitrogens is 1. The summed E-state index contributed by atoms with van der Waals surface area (Å²) in [6, 6.07) is 4.42. The Kier molecular flexibility index (Phi) is 9.84. The molecule has 2 heterocycles. The van der Waals surface area contributed by atoms with Crippen LogP contribution in [0.15, 0.2) is 28.0 Å². The van der Waals surface area contributed by atoms with E-state index in [-0.39, 0.29) is 35.3 Å². The van der Waals surface area contributed by atoms with E-state index in [4.69, 9.17) is 0 Å². The maximum Gasteiger partial charge on any atom is 0.263 e. The summed E-state index contributed by atoms with van der Waals surface area (Å²) >= 11 is 3.23. The second-order valence-electron chi connectivity index (χ2n) is 7.19. The average molecular weight is 548 g/mol. The fraction of sp³-hybridized carbons (Fsp3) is 0.550. The first-order valence-corrected chi connectivity index (χ1v) is 11.6. The van der Waals surface area contributed by atoms with Gasteiger partial charge in [-0.15, -0.1) is 46.7 Å². The molecule has 0 radical (unpaired) electrons. The SMILES string of the molecule is CN=C(NCCNC(=O)c1scnc1C)NCC1(c2cccs2)CCCCC1.I. The number of aliphatic imine (C=N–C) groups is 1. The average Bonchev–Trinajstić information content (AvgIpc) is 3.40. The van der Waals surface area contributed by atoms with Crippen LogP contribution < -0.4 is 16.0 Å². The van der Waals surface area contributed by atoms with Crippen molar-refractivity contribution in [1.82, 2.24) is 20.9 Å². The van der Waals surface area contributed by atoms with Crippen molar-refractivity contribution in [2.24, 2.45) is 4.99 Å². The Balaban J connectivity index is 0.00000300. The molecular formula is C20H30IN5OS2. The monoisotopic (exact) mass is 547 g/mol. The lowest BCUT2D eigenvalue weighted by molar-refractivity contribution is 0.0957. The summed E-state index contributed by atoms with van der Waals surface area (Å²) in [4.78, 5) is 22.7. The minimum absolute atomic E-state index is 0. The van der Waals surface area contributed by atoms with Gasteiger partial charge in [0.2, 0.25) is 0 Å². The van der Waals surface area contributed by atoms with Crippen LogP contribution in [0.2, 0.25) is 0 Å². The maximum absolute atomic E-state index is 12.1. The number of thiophene rings is 1. The third-order valence-electron chi connectivity index (χ3n) is 5.33. The van der Waals surface area contributed by atoms with Crippen molar-refractivity contribution in [2.45, 2.75) is 44.4 Å². The van der Waals surface area contributed by atoms with Gasteiger partial charge in [-0.3, -0.25) is 9.79 Å². The summed E-state index contributed by atoms with van der Waals surface area (Å²) in [7, 11) is 1.78. The number of thiazole rings is 1. The van der Waals surface area contributed by atoms with Gasteiger partial charge in [-0.1, -0.05) is 25.3 Å². The van der Waals surface area contributed by atoms with E-state index in [0.29, 0.717) is 18.0 Å². The van der Waals surface area contributed by atoms with Crippen LogP contribution in [-0.4, -0.2) is 43.5 Å². The highest BCUT2D eigenvalue weighted by Gasteiger charge is 2.34. The Labute approximate surface area is 198 Å². The third kappa shape index (κ3) is 6.39. The van der Waals surface area contributed by atoms with Crippen LogP contribution in [0.25, 0.3) is 0 Å². The second kappa shape index (κ2) is 11.8. The molecule has 1 amide bonds. The van der Waals surface area contributed by atoms with Gasteiger partial charge in [-0.2, -0.15) is 0 Å². The molecule has 0 bridgehead atoms. The van der Waals surface area contributed by atoms with Crippen molar-refractivity contribution in [3.05, 3.63) is 38.5 Å². The molecule has 0 unspecified atom stereocenters. The summed E-state index contributed by atoms with van der Waals surface area (Å²) in [5.41, 5.74) is 2.68. The number of carbonyl (C=O) groups excluding carboxylic acids is 1. The molecule has 1 fully saturated rings. The highest BCUT2D eigenvalue weighted by molar-refractivity contribution is 14.0. The molecule has 1 aliphatic carbocycles. The molecule has 0 saturated heterocycles. The normalized spacial score (nSPS) is 16.0. The van der Waals surface area contributed by atoms with E-state index in [2.05, 4.69) is 43.4 Å². The van der Waals surface area contributed by atoms with Crippen LogP contribution in [0.5, 0.6) is 0 Å². The molecular weight excluding hydrogens is 517 g/mol. The molecule has 9 heteroatoms. The first-order chi connectivity index (χ1) is 13.6. The Hall–Kier alpha value is -1.20. The summed E-state index contributed by atoms with van der Waals surface area (Å²) in [5, 5.41) is 11.9. The first-order valence-electron chi connectivity index (χ1n) is 9.81. The molecule has 29 heavy (non-hydrogen) atoms. The van der Waals surface area contributed by atoms with Gasteiger partial charge in [-0.25, -0.2) is 4.98 Å². The van der Waals surface area contributed by atoms with Crippen LogP contribution >= 0.6 is 46.7 Å². The predicted octanol–water partition coefficient (Wildman–Crippen LogP) is 3.93. The Morgan fingerprint density at radius 1 is 1.17 bits per heavy atom. The molecule has 0 aromatic carbocycles. The number of hydrogen-bond acceptors (Lipinski definition) is 5. The van der Waals surface area contributed by atoms with E-state index in [0.717, 1.165) is 18.2 Å². The van der Waals surface area contributed by atoms with Gasteiger partial charge in [0.15, 0.2) is 5.96 Å². The first kappa shape index (κ1) is 24.1. The topological polar surface area (TPSA) is 78.4 Å². The van der Waals surface area contributed by atoms with Crippen LogP contribution in [0.3, 0.4) is 0 Å². The fourth-order valence-corrected chi connectivity index (χ4v) is 5.46. The van der Waals surface area contributed by atoms with E-state index in [1.165, 1.54) is 48.3 Å². The zero-order valence-electron chi connectivity index (χ0n) is 17.0. The quantitative estimate of drug-likeness (QED) is 0.213. The van der Waals surface area contributed by atoms with Gasteiger partial charge in [0, 0.05) is 37.0 Å². The second-order valence-corrected chi connectivity index (χ2v) is 9.00. The lowest BCUT2D eigenvalue weighted by atomic mass is 9.73. The summed E-state index contributed by atoms with van der Waals surface area (Å²) in [6.45, 7) is 3.89. The van der Waals surface area contributed by atoms with E-state index in [1.54, 1.807) is 12.6 Å².